The largest absolute Gasteiger partial charge is 0.461 e. The molecule has 0 fully saturated rings. The van der Waals surface area contributed by atoms with Crippen LogP contribution in [0.15, 0.2) is 0 Å². The van der Waals surface area contributed by atoms with E-state index in [0.717, 1.165) is 0 Å². The molecule has 1 amide bonds. The fourth-order valence-electron chi connectivity index (χ4n) is 1.11. The molecule has 0 unspecified atom stereocenters. The minimum absolute atomic E-state index is 0.0319. The predicted octanol–water partition coefficient (Wildman–Crippen LogP) is -0.0122. The average molecular weight is 254 g/mol. The molecule has 1 aromatic heterocycles. The zero-order chi connectivity index (χ0) is 13.5. The Hall–Kier alpha value is -2.12. The van der Waals surface area contributed by atoms with E-state index in [0.29, 0.717) is 18.4 Å². The summed E-state index contributed by atoms with van der Waals surface area (Å²) in [5.41, 5.74) is 5.04. The lowest BCUT2D eigenvalue weighted by atomic mass is 10.4. The Kier molecular flexibility index (Phi) is 5.09. The van der Waals surface area contributed by atoms with Gasteiger partial charge >= 0.3 is 6.01 Å². The lowest BCUT2D eigenvalue weighted by Gasteiger charge is -2.10. The van der Waals surface area contributed by atoms with Crippen molar-refractivity contribution in [3.05, 3.63) is 0 Å². The van der Waals surface area contributed by atoms with E-state index in [1.807, 2.05) is 13.8 Å². The van der Waals surface area contributed by atoms with Gasteiger partial charge in [-0.1, -0.05) is 0 Å². The first kappa shape index (κ1) is 13.9. The Balaban J connectivity index is 2.73. The number of rotatable bonds is 7. The summed E-state index contributed by atoms with van der Waals surface area (Å²) in [6, 6.07) is 0.228. The number of nitrogens with one attached hydrogen (secondary N) is 2. The maximum atomic E-state index is 10.6. The molecule has 1 aromatic rings. The minimum atomic E-state index is -0.385. The van der Waals surface area contributed by atoms with E-state index in [9.17, 15) is 4.79 Å². The van der Waals surface area contributed by atoms with Crippen molar-refractivity contribution in [3.8, 4) is 6.01 Å². The van der Waals surface area contributed by atoms with E-state index in [-0.39, 0.29) is 24.4 Å². The Morgan fingerprint density at radius 1 is 1.33 bits per heavy atom. The molecule has 0 aliphatic carbocycles. The molecule has 0 bridgehead atoms. The van der Waals surface area contributed by atoms with Gasteiger partial charge in [0.2, 0.25) is 17.8 Å². The van der Waals surface area contributed by atoms with Gasteiger partial charge in [0.15, 0.2) is 0 Å². The Bertz CT molecular complexity index is 409. The molecule has 0 atom stereocenters. The van der Waals surface area contributed by atoms with Crippen molar-refractivity contribution in [1.29, 1.82) is 0 Å². The number of carbonyl (C=O) groups excluding carboxylic acids is 1. The SMILES string of the molecule is CNc1nc(NCCC(N)=O)nc(OC(C)C)n1. The van der Waals surface area contributed by atoms with Gasteiger partial charge in [-0.3, -0.25) is 4.79 Å². The summed E-state index contributed by atoms with van der Waals surface area (Å²) in [6.45, 7) is 4.12. The standard InChI is InChI=1S/C10H18N6O2/c1-6(2)18-10-15-8(12-3)14-9(16-10)13-5-4-7(11)17/h6H,4-5H2,1-3H3,(H2,11,17)(H2,12,13,14,15,16). The van der Waals surface area contributed by atoms with E-state index in [2.05, 4.69) is 25.6 Å². The van der Waals surface area contributed by atoms with Gasteiger partial charge in [-0.2, -0.15) is 15.0 Å². The van der Waals surface area contributed by atoms with Gasteiger partial charge in [0.05, 0.1) is 6.10 Å². The molecule has 0 spiro atoms. The van der Waals surface area contributed by atoms with E-state index in [1.54, 1.807) is 7.05 Å². The number of hydrogen-bond acceptors (Lipinski definition) is 7. The number of nitrogens with two attached hydrogens (primary N) is 1. The highest BCUT2D eigenvalue weighted by Crippen LogP contribution is 2.11. The van der Waals surface area contributed by atoms with Crippen molar-refractivity contribution < 1.29 is 9.53 Å². The van der Waals surface area contributed by atoms with Crippen molar-refractivity contribution >= 4 is 17.8 Å². The maximum absolute atomic E-state index is 10.6. The zero-order valence-electron chi connectivity index (χ0n) is 10.7. The van der Waals surface area contributed by atoms with Crippen LogP contribution >= 0.6 is 0 Å². The highest BCUT2D eigenvalue weighted by molar-refractivity contribution is 5.74. The van der Waals surface area contributed by atoms with Gasteiger partial charge in [0.1, 0.15) is 0 Å². The van der Waals surface area contributed by atoms with Crippen molar-refractivity contribution in [3.63, 3.8) is 0 Å². The van der Waals surface area contributed by atoms with E-state index in [4.69, 9.17) is 10.5 Å². The number of nitrogens with zero attached hydrogens (tertiary/aromatic N) is 3. The molecule has 0 saturated heterocycles. The van der Waals surface area contributed by atoms with Crippen LogP contribution in [0.4, 0.5) is 11.9 Å². The first-order chi connectivity index (χ1) is 8.51. The third-order valence-corrected chi connectivity index (χ3v) is 1.83. The van der Waals surface area contributed by atoms with E-state index in [1.165, 1.54) is 0 Å². The summed E-state index contributed by atoms with van der Waals surface area (Å²) in [5, 5.41) is 5.69. The molecule has 100 valence electrons. The molecule has 8 heteroatoms. The second-order valence-corrected chi connectivity index (χ2v) is 3.82. The van der Waals surface area contributed by atoms with Crippen molar-refractivity contribution in [2.24, 2.45) is 5.73 Å². The summed E-state index contributed by atoms with van der Waals surface area (Å²) in [5.74, 6) is 0.345. The molecule has 8 nitrogen and oxygen atoms in total. The van der Waals surface area contributed by atoms with Gasteiger partial charge in [-0.15, -0.1) is 0 Å². The van der Waals surface area contributed by atoms with Crippen LogP contribution in [0.3, 0.4) is 0 Å². The average Bonchev–Trinajstić information content (AvgIpc) is 2.27. The molecule has 4 N–H and O–H groups in total. The molecule has 0 saturated carbocycles. The summed E-state index contributed by atoms with van der Waals surface area (Å²) >= 11 is 0. The van der Waals surface area contributed by atoms with Crippen LogP contribution < -0.4 is 21.1 Å². The minimum Gasteiger partial charge on any atom is -0.461 e. The second-order valence-electron chi connectivity index (χ2n) is 3.82. The summed E-state index contributed by atoms with van der Waals surface area (Å²) in [4.78, 5) is 22.8. The van der Waals surface area contributed by atoms with Crippen LogP contribution in [-0.4, -0.2) is 40.6 Å². The number of ether oxygens (including phenoxy) is 1. The topological polar surface area (TPSA) is 115 Å². The van der Waals surface area contributed by atoms with Crippen LogP contribution in [0.5, 0.6) is 6.01 Å². The smallest absolute Gasteiger partial charge is 0.323 e. The van der Waals surface area contributed by atoms with Crippen LogP contribution in [0.2, 0.25) is 0 Å². The summed E-state index contributed by atoms with van der Waals surface area (Å²) in [7, 11) is 1.70. The number of aromatic nitrogens is 3. The molecule has 0 aliphatic rings. The lowest BCUT2D eigenvalue weighted by Crippen LogP contribution is -2.18. The molecular weight excluding hydrogens is 236 g/mol. The molecule has 18 heavy (non-hydrogen) atoms. The second kappa shape index (κ2) is 6.58. The van der Waals surface area contributed by atoms with Gasteiger partial charge in [0.25, 0.3) is 0 Å². The monoisotopic (exact) mass is 254 g/mol. The highest BCUT2D eigenvalue weighted by Gasteiger charge is 2.08. The molecule has 1 heterocycles. The molecule has 0 radical (unpaired) electrons. The number of hydrogen-bond donors (Lipinski definition) is 3. The Labute approximate surface area is 105 Å². The fourth-order valence-corrected chi connectivity index (χ4v) is 1.11. The quantitative estimate of drug-likeness (QED) is 0.626. The fraction of sp³-hybridized carbons (Fsp3) is 0.600. The van der Waals surface area contributed by atoms with Crippen molar-refractivity contribution in [2.75, 3.05) is 24.2 Å². The Morgan fingerprint density at radius 2 is 2.00 bits per heavy atom. The number of amides is 1. The third kappa shape index (κ3) is 4.81. The van der Waals surface area contributed by atoms with Gasteiger partial charge in [0, 0.05) is 20.0 Å². The van der Waals surface area contributed by atoms with Gasteiger partial charge in [-0.25, -0.2) is 0 Å². The van der Waals surface area contributed by atoms with Crippen LogP contribution in [-0.2, 0) is 4.79 Å². The number of primary amides is 1. The highest BCUT2D eigenvalue weighted by atomic mass is 16.5. The Morgan fingerprint density at radius 3 is 2.56 bits per heavy atom. The first-order valence-electron chi connectivity index (χ1n) is 5.64. The van der Waals surface area contributed by atoms with Crippen LogP contribution in [0, 0.1) is 0 Å². The van der Waals surface area contributed by atoms with Crippen molar-refractivity contribution in [2.45, 2.75) is 26.4 Å². The maximum Gasteiger partial charge on any atom is 0.323 e. The third-order valence-electron chi connectivity index (χ3n) is 1.83. The first-order valence-corrected chi connectivity index (χ1v) is 5.64. The summed E-state index contributed by atoms with van der Waals surface area (Å²) in [6.07, 6.45) is 0.177. The summed E-state index contributed by atoms with van der Waals surface area (Å²) < 4.78 is 5.39. The number of anilines is 2. The van der Waals surface area contributed by atoms with Crippen molar-refractivity contribution in [1.82, 2.24) is 15.0 Å². The molecule has 1 rings (SSSR count). The predicted molar refractivity (Wildman–Crippen MR) is 67.4 cm³/mol. The molecule has 0 aromatic carbocycles. The molecule has 0 aliphatic heterocycles. The molecular formula is C10H18N6O2. The lowest BCUT2D eigenvalue weighted by molar-refractivity contribution is -0.117. The number of carbonyl (C=O) groups is 1. The van der Waals surface area contributed by atoms with Gasteiger partial charge < -0.3 is 21.1 Å². The zero-order valence-corrected chi connectivity index (χ0v) is 10.7. The van der Waals surface area contributed by atoms with Crippen LogP contribution in [0.1, 0.15) is 20.3 Å². The normalized spacial score (nSPS) is 10.2. The van der Waals surface area contributed by atoms with Gasteiger partial charge in [-0.05, 0) is 13.8 Å². The van der Waals surface area contributed by atoms with E-state index >= 15 is 0 Å². The van der Waals surface area contributed by atoms with E-state index < -0.39 is 0 Å². The van der Waals surface area contributed by atoms with Crippen LogP contribution in [0.25, 0.3) is 0 Å².